The van der Waals surface area contributed by atoms with Crippen molar-refractivity contribution >= 4 is 11.8 Å². The van der Waals surface area contributed by atoms with Crippen LogP contribution in [0.2, 0.25) is 0 Å². The standard InChI is InChI=1S/C8H13N3O2/c1-5(4-9)10-8(13)6(2)11-7(3)12/h5-6H,1-3H3,(H,10,13)(H,11,12)/t5-,6?/m0/s1. The second kappa shape index (κ2) is 5.14. The van der Waals surface area contributed by atoms with Gasteiger partial charge in [0.25, 0.3) is 0 Å². The topological polar surface area (TPSA) is 82.0 Å². The van der Waals surface area contributed by atoms with Crippen molar-refractivity contribution in [2.24, 2.45) is 0 Å². The number of hydrogen-bond donors (Lipinski definition) is 2. The largest absolute Gasteiger partial charge is 0.345 e. The molecule has 0 aliphatic heterocycles. The molecule has 72 valence electrons. The molecule has 0 bridgehead atoms. The Labute approximate surface area is 77.1 Å². The van der Waals surface area contributed by atoms with Gasteiger partial charge in [0.1, 0.15) is 12.1 Å². The molecule has 1 unspecified atom stereocenters. The molecule has 5 nitrogen and oxygen atoms in total. The third-order valence-electron chi connectivity index (χ3n) is 1.37. The van der Waals surface area contributed by atoms with Crippen molar-refractivity contribution in [3.63, 3.8) is 0 Å². The highest BCUT2D eigenvalue weighted by Gasteiger charge is 2.14. The Kier molecular flexibility index (Phi) is 4.52. The van der Waals surface area contributed by atoms with E-state index >= 15 is 0 Å². The second-order valence-corrected chi connectivity index (χ2v) is 2.78. The van der Waals surface area contributed by atoms with Gasteiger partial charge in [0.15, 0.2) is 0 Å². The second-order valence-electron chi connectivity index (χ2n) is 2.78. The quantitative estimate of drug-likeness (QED) is 0.621. The van der Waals surface area contributed by atoms with Crippen LogP contribution < -0.4 is 10.6 Å². The molecule has 2 N–H and O–H groups in total. The Balaban J connectivity index is 3.98. The smallest absolute Gasteiger partial charge is 0.243 e. The number of carbonyl (C=O) groups is 2. The number of rotatable bonds is 3. The van der Waals surface area contributed by atoms with E-state index in [4.69, 9.17) is 5.26 Å². The summed E-state index contributed by atoms with van der Waals surface area (Å²) in [6.45, 7) is 4.46. The van der Waals surface area contributed by atoms with Gasteiger partial charge in [0, 0.05) is 6.92 Å². The first-order valence-electron chi connectivity index (χ1n) is 3.94. The summed E-state index contributed by atoms with van der Waals surface area (Å²) in [7, 11) is 0. The molecule has 0 saturated heterocycles. The van der Waals surface area contributed by atoms with Gasteiger partial charge < -0.3 is 10.6 Å². The molecule has 0 radical (unpaired) electrons. The molecule has 0 aliphatic rings. The van der Waals surface area contributed by atoms with Crippen LogP contribution in [0.5, 0.6) is 0 Å². The van der Waals surface area contributed by atoms with Gasteiger partial charge in [-0.1, -0.05) is 0 Å². The van der Waals surface area contributed by atoms with Crippen molar-refractivity contribution in [3.05, 3.63) is 0 Å². The highest BCUT2D eigenvalue weighted by molar-refractivity contribution is 5.86. The van der Waals surface area contributed by atoms with E-state index in [2.05, 4.69) is 10.6 Å². The highest BCUT2D eigenvalue weighted by Crippen LogP contribution is 1.84. The fourth-order valence-electron chi connectivity index (χ4n) is 0.741. The summed E-state index contributed by atoms with van der Waals surface area (Å²) in [4.78, 5) is 21.7. The van der Waals surface area contributed by atoms with Crippen LogP contribution in [0.4, 0.5) is 0 Å². The molecular weight excluding hydrogens is 170 g/mol. The first-order chi connectivity index (χ1) is 5.97. The van der Waals surface area contributed by atoms with Crippen LogP contribution >= 0.6 is 0 Å². The Hall–Kier alpha value is -1.57. The van der Waals surface area contributed by atoms with Crippen LogP contribution in [0.15, 0.2) is 0 Å². The van der Waals surface area contributed by atoms with Crippen molar-refractivity contribution in [3.8, 4) is 6.07 Å². The maximum atomic E-state index is 11.2. The van der Waals surface area contributed by atoms with Crippen LogP contribution in [0.25, 0.3) is 0 Å². The SMILES string of the molecule is CC(=O)NC(C)C(=O)N[C@@H](C)C#N. The minimum atomic E-state index is -0.603. The molecule has 0 fully saturated rings. The van der Waals surface area contributed by atoms with E-state index in [0.29, 0.717) is 0 Å². The lowest BCUT2D eigenvalue weighted by Gasteiger charge is -2.13. The summed E-state index contributed by atoms with van der Waals surface area (Å²) in [6, 6.07) is 0.718. The zero-order valence-corrected chi connectivity index (χ0v) is 7.92. The van der Waals surface area contributed by atoms with Gasteiger partial charge in [-0.2, -0.15) is 5.26 Å². The zero-order valence-electron chi connectivity index (χ0n) is 7.92. The average Bonchev–Trinajstić information content (AvgIpc) is 2.02. The van der Waals surface area contributed by atoms with E-state index in [0.717, 1.165) is 0 Å². The number of amides is 2. The van der Waals surface area contributed by atoms with Crippen LogP contribution in [0.3, 0.4) is 0 Å². The summed E-state index contributed by atoms with van der Waals surface area (Å²) in [6.07, 6.45) is 0. The van der Waals surface area contributed by atoms with Gasteiger partial charge in [0.2, 0.25) is 11.8 Å². The molecule has 5 heteroatoms. The maximum absolute atomic E-state index is 11.2. The number of nitrogens with zero attached hydrogens (tertiary/aromatic N) is 1. The molecule has 0 spiro atoms. The molecule has 0 aliphatic carbocycles. The van der Waals surface area contributed by atoms with Crippen LogP contribution in [-0.2, 0) is 9.59 Å². The van der Waals surface area contributed by atoms with E-state index in [9.17, 15) is 9.59 Å². The Morgan fingerprint density at radius 2 is 1.85 bits per heavy atom. The number of nitriles is 1. The average molecular weight is 183 g/mol. The number of hydrogen-bond acceptors (Lipinski definition) is 3. The summed E-state index contributed by atoms with van der Waals surface area (Å²) in [5, 5.41) is 13.2. The van der Waals surface area contributed by atoms with E-state index in [-0.39, 0.29) is 11.8 Å². The normalized spacial score (nSPS) is 13.7. The summed E-state index contributed by atoms with van der Waals surface area (Å²) in [5.41, 5.74) is 0. The molecule has 2 amide bonds. The lowest BCUT2D eigenvalue weighted by molar-refractivity contribution is -0.127. The minimum Gasteiger partial charge on any atom is -0.345 e. The van der Waals surface area contributed by atoms with Gasteiger partial charge in [-0.3, -0.25) is 9.59 Å². The monoisotopic (exact) mass is 183 g/mol. The van der Waals surface area contributed by atoms with Gasteiger partial charge in [-0.15, -0.1) is 0 Å². The lowest BCUT2D eigenvalue weighted by Crippen LogP contribution is -2.46. The van der Waals surface area contributed by atoms with Crippen LogP contribution in [0, 0.1) is 11.3 Å². The summed E-state index contributed by atoms with van der Waals surface area (Å²) >= 11 is 0. The molecule has 2 atom stereocenters. The summed E-state index contributed by atoms with van der Waals surface area (Å²) in [5.74, 6) is -0.628. The molecular formula is C8H13N3O2. The third kappa shape index (κ3) is 4.80. The summed E-state index contributed by atoms with van der Waals surface area (Å²) < 4.78 is 0. The van der Waals surface area contributed by atoms with Crippen molar-refractivity contribution in [1.29, 1.82) is 5.26 Å². The van der Waals surface area contributed by atoms with E-state index in [1.807, 2.05) is 6.07 Å². The Bertz CT molecular complexity index is 244. The van der Waals surface area contributed by atoms with Crippen LogP contribution in [0.1, 0.15) is 20.8 Å². The van der Waals surface area contributed by atoms with Gasteiger partial charge in [-0.25, -0.2) is 0 Å². The Morgan fingerprint density at radius 3 is 2.23 bits per heavy atom. The predicted octanol–water partition coefficient (Wildman–Crippen LogP) is -0.461. The van der Waals surface area contributed by atoms with Gasteiger partial charge in [0.05, 0.1) is 6.07 Å². The van der Waals surface area contributed by atoms with Crippen molar-refractivity contribution in [2.75, 3.05) is 0 Å². The molecule has 0 aromatic rings. The molecule has 0 aromatic carbocycles. The van der Waals surface area contributed by atoms with Gasteiger partial charge >= 0.3 is 0 Å². The fourth-order valence-corrected chi connectivity index (χ4v) is 0.741. The highest BCUT2D eigenvalue weighted by atomic mass is 16.2. The molecule has 13 heavy (non-hydrogen) atoms. The molecule has 0 heterocycles. The molecule has 0 rings (SSSR count). The van der Waals surface area contributed by atoms with E-state index in [1.54, 1.807) is 13.8 Å². The lowest BCUT2D eigenvalue weighted by atomic mass is 10.3. The van der Waals surface area contributed by atoms with E-state index < -0.39 is 12.1 Å². The van der Waals surface area contributed by atoms with Crippen molar-refractivity contribution < 1.29 is 9.59 Å². The number of nitrogens with one attached hydrogen (secondary N) is 2. The number of carbonyl (C=O) groups excluding carboxylic acids is 2. The minimum absolute atomic E-state index is 0.271. The fraction of sp³-hybridized carbons (Fsp3) is 0.625. The molecule has 0 saturated carbocycles. The molecule has 0 aromatic heterocycles. The predicted molar refractivity (Wildman–Crippen MR) is 46.5 cm³/mol. The van der Waals surface area contributed by atoms with Gasteiger partial charge in [-0.05, 0) is 13.8 Å². The first-order valence-corrected chi connectivity index (χ1v) is 3.94. The third-order valence-corrected chi connectivity index (χ3v) is 1.37. The van der Waals surface area contributed by atoms with E-state index in [1.165, 1.54) is 6.92 Å². The van der Waals surface area contributed by atoms with Crippen molar-refractivity contribution in [1.82, 2.24) is 10.6 Å². The zero-order chi connectivity index (χ0) is 10.4. The van der Waals surface area contributed by atoms with Crippen LogP contribution in [-0.4, -0.2) is 23.9 Å². The van der Waals surface area contributed by atoms with Crippen molar-refractivity contribution in [2.45, 2.75) is 32.9 Å². The first kappa shape index (κ1) is 11.4. The Morgan fingerprint density at radius 1 is 1.31 bits per heavy atom. The maximum Gasteiger partial charge on any atom is 0.243 e.